The molecular formula is C19H18F6N2O. The van der Waals surface area contributed by atoms with E-state index in [4.69, 9.17) is 0 Å². The molecule has 2 aromatic carbocycles. The minimum absolute atomic E-state index is 0.0707. The fraction of sp³-hybridized carbons (Fsp3) is 0.368. The predicted molar refractivity (Wildman–Crippen MR) is 90.9 cm³/mol. The van der Waals surface area contributed by atoms with E-state index in [1.807, 2.05) is 4.90 Å². The monoisotopic (exact) mass is 404 g/mol. The molecule has 9 heteroatoms. The zero-order chi connectivity index (χ0) is 20.4. The number of benzene rings is 2. The third-order valence-electron chi connectivity index (χ3n) is 4.51. The highest BCUT2D eigenvalue weighted by molar-refractivity contribution is 5.41. The molecule has 0 radical (unpaired) electrons. The van der Waals surface area contributed by atoms with Gasteiger partial charge in [-0.25, -0.2) is 0 Å². The highest BCUT2D eigenvalue weighted by atomic mass is 19.4. The number of hydrogen-bond acceptors (Lipinski definition) is 3. The van der Waals surface area contributed by atoms with Crippen molar-refractivity contribution in [2.75, 3.05) is 26.2 Å². The van der Waals surface area contributed by atoms with Crippen molar-refractivity contribution in [2.45, 2.75) is 18.6 Å². The summed E-state index contributed by atoms with van der Waals surface area (Å²) < 4.78 is 81.7. The Bertz CT molecular complexity index is 782. The molecule has 28 heavy (non-hydrogen) atoms. The molecule has 0 spiro atoms. The van der Waals surface area contributed by atoms with Crippen molar-refractivity contribution in [1.29, 1.82) is 0 Å². The van der Waals surface area contributed by atoms with Crippen molar-refractivity contribution >= 4 is 0 Å². The number of rotatable bonds is 4. The van der Waals surface area contributed by atoms with Gasteiger partial charge in [-0.15, -0.1) is 13.2 Å². The Balaban J connectivity index is 2.02. The van der Waals surface area contributed by atoms with Crippen molar-refractivity contribution in [3.63, 3.8) is 0 Å². The first-order valence-corrected chi connectivity index (χ1v) is 8.62. The van der Waals surface area contributed by atoms with Gasteiger partial charge in [0.2, 0.25) is 0 Å². The number of nitrogens with zero attached hydrogens (tertiary/aromatic N) is 1. The summed E-state index contributed by atoms with van der Waals surface area (Å²) in [6.07, 6.45) is -9.37. The Hall–Kier alpha value is -2.26. The first-order chi connectivity index (χ1) is 13.1. The van der Waals surface area contributed by atoms with Gasteiger partial charge in [0.05, 0.1) is 11.6 Å². The molecule has 1 aliphatic rings. The van der Waals surface area contributed by atoms with Crippen LogP contribution in [0, 0.1) is 0 Å². The number of halogens is 6. The van der Waals surface area contributed by atoms with Crippen LogP contribution in [0.25, 0.3) is 0 Å². The lowest BCUT2D eigenvalue weighted by atomic mass is 9.92. The Morgan fingerprint density at radius 1 is 0.857 bits per heavy atom. The summed E-state index contributed by atoms with van der Waals surface area (Å²) >= 11 is 0. The molecule has 0 saturated carbocycles. The fourth-order valence-electron chi connectivity index (χ4n) is 3.37. The molecule has 1 N–H and O–H groups in total. The van der Waals surface area contributed by atoms with Gasteiger partial charge in [0.15, 0.2) is 0 Å². The summed E-state index contributed by atoms with van der Waals surface area (Å²) in [5.74, 6) is -0.417. The average Bonchev–Trinajstić information content (AvgIpc) is 2.63. The van der Waals surface area contributed by atoms with E-state index < -0.39 is 29.9 Å². The Labute approximate surface area is 157 Å². The SMILES string of the molecule is FC(F)(F)Oc1ccc([C@@H](c2ccccc2C(F)(F)F)N2CCNCC2)cc1. The van der Waals surface area contributed by atoms with Crippen LogP contribution in [-0.2, 0) is 6.18 Å². The van der Waals surface area contributed by atoms with Crippen LogP contribution in [0.1, 0.15) is 22.7 Å². The summed E-state index contributed by atoms with van der Waals surface area (Å²) in [6.45, 7) is 2.25. The highest BCUT2D eigenvalue weighted by Gasteiger charge is 2.37. The van der Waals surface area contributed by atoms with Gasteiger partial charge < -0.3 is 10.1 Å². The molecule has 1 fully saturated rings. The maximum atomic E-state index is 13.6. The molecule has 0 bridgehead atoms. The Kier molecular flexibility index (Phi) is 5.85. The lowest BCUT2D eigenvalue weighted by Crippen LogP contribution is -2.45. The minimum atomic E-state index is -4.83. The van der Waals surface area contributed by atoms with Crippen LogP contribution in [0.15, 0.2) is 48.5 Å². The van der Waals surface area contributed by atoms with Crippen LogP contribution in [0.5, 0.6) is 5.75 Å². The quantitative estimate of drug-likeness (QED) is 0.754. The van der Waals surface area contributed by atoms with Crippen molar-refractivity contribution in [3.05, 3.63) is 65.2 Å². The summed E-state index contributed by atoms with van der Waals surface area (Å²) in [7, 11) is 0. The zero-order valence-electron chi connectivity index (χ0n) is 14.6. The molecule has 1 heterocycles. The van der Waals surface area contributed by atoms with Gasteiger partial charge in [-0.3, -0.25) is 4.90 Å². The van der Waals surface area contributed by atoms with Crippen molar-refractivity contribution < 1.29 is 31.1 Å². The van der Waals surface area contributed by atoms with E-state index in [0.717, 1.165) is 18.2 Å². The van der Waals surface area contributed by atoms with E-state index in [1.165, 1.54) is 30.3 Å². The molecule has 1 saturated heterocycles. The third kappa shape index (κ3) is 4.96. The summed E-state index contributed by atoms with van der Waals surface area (Å²) in [4.78, 5) is 1.89. The van der Waals surface area contributed by atoms with Gasteiger partial charge in [-0.2, -0.15) is 13.2 Å². The number of alkyl halides is 6. The molecule has 152 valence electrons. The van der Waals surface area contributed by atoms with Gasteiger partial charge in [0.1, 0.15) is 5.75 Å². The predicted octanol–water partition coefficient (Wildman–Crippen LogP) is 4.60. The summed E-state index contributed by atoms with van der Waals surface area (Å²) in [5.41, 5.74) is -0.219. The molecule has 2 aromatic rings. The van der Waals surface area contributed by atoms with E-state index in [1.54, 1.807) is 0 Å². The Morgan fingerprint density at radius 2 is 1.46 bits per heavy atom. The van der Waals surface area contributed by atoms with Crippen LogP contribution >= 0.6 is 0 Å². The summed E-state index contributed by atoms with van der Waals surface area (Å²) in [5, 5.41) is 3.14. The van der Waals surface area contributed by atoms with Crippen LogP contribution in [0.2, 0.25) is 0 Å². The molecule has 0 aromatic heterocycles. The average molecular weight is 404 g/mol. The molecule has 0 unspecified atom stereocenters. The number of hydrogen-bond donors (Lipinski definition) is 1. The molecule has 0 aliphatic carbocycles. The van der Waals surface area contributed by atoms with Crippen LogP contribution in [-0.4, -0.2) is 37.4 Å². The summed E-state index contributed by atoms with van der Waals surface area (Å²) in [6, 6.07) is 9.54. The molecular weight excluding hydrogens is 386 g/mol. The first kappa shape index (κ1) is 20.5. The molecule has 0 amide bonds. The number of nitrogens with one attached hydrogen (secondary N) is 1. The molecule has 1 atom stereocenters. The normalized spacial score (nSPS) is 17.4. The second-order valence-electron chi connectivity index (χ2n) is 6.39. The first-order valence-electron chi connectivity index (χ1n) is 8.62. The molecule has 3 rings (SSSR count). The lowest BCUT2D eigenvalue weighted by Gasteiger charge is -2.36. The van der Waals surface area contributed by atoms with Crippen LogP contribution in [0.3, 0.4) is 0 Å². The van der Waals surface area contributed by atoms with Gasteiger partial charge >= 0.3 is 12.5 Å². The zero-order valence-corrected chi connectivity index (χ0v) is 14.6. The minimum Gasteiger partial charge on any atom is -0.406 e. The van der Waals surface area contributed by atoms with Crippen molar-refractivity contribution in [1.82, 2.24) is 10.2 Å². The van der Waals surface area contributed by atoms with E-state index in [0.29, 0.717) is 31.7 Å². The van der Waals surface area contributed by atoms with Crippen LogP contribution < -0.4 is 10.1 Å². The van der Waals surface area contributed by atoms with E-state index in [9.17, 15) is 26.3 Å². The largest absolute Gasteiger partial charge is 0.573 e. The second kappa shape index (κ2) is 8.00. The van der Waals surface area contributed by atoms with Crippen molar-refractivity contribution in [2.24, 2.45) is 0 Å². The molecule has 1 aliphatic heterocycles. The van der Waals surface area contributed by atoms with E-state index in [-0.39, 0.29) is 5.56 Å². The fourth-order valence-corrected chi connectivity index (χ4v) is 3.37. The third-order valence-corrected chi connectivity index (χ3v) is 4.51. The van der Waals surface area contributed by atoms with Crippen molar-refractivity contribution in [3.8, 4) is 5.75 Å². The molecule has 3 nitrogen and oxygen atoms in total. The maximum absolute atomic E-state index is 13.6. The van der Waals surface area contributed by atoms with Gasteiger partial charge in [-0.1, -0.05) is 30.3 Å². The smallest absolute Gasteiger partial charge is 0.406 e. The maximum Gasteiger partial charge on any atom is 0.573 e. The Morgan fingerprint density at radius 3 is 2.04 bits per heavy atom. The number of piperazine rings is 1. The van der Waals surface area contributed by atoms with Gasteiger partial charge in [0, 0.05) is 26.2 Å². The number of ether oxygens (including phenoxy) is 1. The van der Waals surface area contributed by atoms with Gasteiger partial charge in [-0.05, 0) is 29.3 Å². The van der Waals surface area contributed by atoms with E-state index >= 15 is 0 Å². The lowest BCUT2D eigenvalue weighted by molar-refractivity contribution is -0.274. The highest BCUT2D eigenvalue weighted by Crippen LogP contribution is 2.39. The second-order valence-corrected chi connectivity index (χ2v) is 6.39. The van der Waals surface area contributed by atoms with E-state index in [2.05, 4.69) is 10.1 Å². The topological polar surface area (TPSA) is 24.5 Å². The van der Waals surface area contributed by atoms with Crippen LogP contribution in [0.4, 0.5) is 26.3 Å². The van der Waals surface area contributed by atoms with Gasteiger partial charge in [0.25, 0.3) is 0 Å². The standard InChI is InChI=1S/C19H18F6N2O/c20-18(21,22)16-4-2-1-3-15(16)17(27-11-9-26-10-12-27)13-5-7-14(8-6-13)28-19(23,24)25/h1-8,17,26H,9-12H2/t17-/m0/s1.